The zero-order valence-electron chi connectivity index (χ0n) is 20.5. The van der Waals surface area contributed by atoms with Crippen LogP contribution in [0.3, 0.4) is 0 Å². The van der Waals surface area contributed by atoms with Gasteiger partial charge in [-0.05, 0) is 43.9 Å². The molecule has 1 amide bonds. The second-order valence-corrected chi connectivity index (χ2v) is 10.3. The molecule has 1 heterocycles. The fourth-order valence-electron chi connectivity index (χ4n) is 4.12. The minimum absolute atomic E-state index is 0.115. The van der Waals surface area contributed by atoms with Gasteiger partial charge < -0.3 is 5.32 Å². The lowest BCUT2D eigenvalue weighted by Gasteiger charge is -2.21. The van der Waals surface area contributed by atoms with E-state index in [1.54, 1.807) is 26.0 Å². The van der Waals surface area contributed by atoms with Crippen LogP contribution in [0.15, 0.2) is 63.0 Å². The Bertz CT molecular complexity index is 1450. The largest absolute Gasteiger partial charge is 0.349 e. The number of amides is 1. The van der Waals surface area contributed by atoms with Crippen LogP contribution in [0.4, 0.5) is 0 Å². The number of carbonyl (C=O) groups excluding carboxylic acids is 1. The molecule has 35 heavy (non-hydrogen) atoms. The van der Waals surface area contributed by atoms with E-state index in [1.807, 2.05) is 37.3 Å². The van der Waals surface area contributed by atoms with Gasteiger partial charge in [-0.1, -0.05) is 48.0 Å². The molecular formula is C25H30N4O5S. The Balaban J connectivity index is 1.91. The third kappa shape index (κ3) is 5.95. The number of benzene rings is 2. The topological polar surface area (TPSA) is 119 Å². The second kappa shape index (κ2) is 10.4. The summed E-state index contributed by atoms with van der Waals surface area (Å²) in [6, 6.07) is 12.8. The summed E-state index contributed by atoms with van der Waals surface area (Å²) in [5.41, 5.74) is 2.18. The van der Waals surface area contributed by atoms with Gasteiger partial charge in [0, 0.05) is 25.9 Å². The summed E-state index contributed by atoms with van der Waals surface area (Å²) < 4.78 is 31.5. The summed E-state index contributed by atoms with van der Waals surface area (Å²) in [6.07, 6.45) is 0.116. The highest BCUT2D eigenvalue weighted by atomic mass is 32.2. The SMILES string of the molecule is Cc1cc(C)c(S(=O)(=O)N[C@@H](Cc2ccccc2)C(=O)NCc2cc(=O)n(C)c(=O)n2C)c(C)c1. The van der Waals surface area contributed by atoms with E-state index in [0.717, 1.165) is 15.7 Å². The van der Waals surface area contributed by atoms with Crippen molar-refractivity contribution in [3.05, 3.63) is 97.3 Å². The van der Waals surface area contributed by atoms with E-state index in [1.165, 1.54) is 24.7 Å². The molecule has 0 saturated carbocycles. The van der Waals surface area contributed by atoms with Crippen LogP contribution in [0.2, 0.25) is 0 Å². The van der Waals surface area contributed by atoms with Gasteiger partial charge in [0.05, 0.1) is 11.4 Å². The molecule has 0 saturated heterocycles. The predicted molar refractivity (Wildman–Crippen MR) is 134 cm³/mol. The van der Waals surface area contributed by atoms with Crippen molar-refractivity contribution in [2.45, 2.75) is 44.7 Å². The van der Waals surface area contributed by atoms with Crippen molar-refractivity contribution >= 4 is 15.9 Å². The van der Waals surface area contributed by atoms with Gasteiger partial charge in [0.2, 0.25) is 15.9 Å². The molecule has 1 aromatic heterocycles. The van der Waals surface area contributed by atoms with Crippen molar-refractivity contribution in [1.82, 2.24) is 19.2 Å². The first kappa shape index (κ1) is 26.1. The average molecular weight is 499 g/mol. The highest BCUT2D eigenvalue weighted by Gasteiger charge is 2.28. The van der Waals surface area contributed by atoms with E-state index in [9.17, 15) is 22.8 Å². The molecule has 0 aliphatic heterocycles. The molecule has 0 bridgehead atoms. The number of aryl methyl sites for hydroxylation is 3. The van der Waals surface area contributed by atoms with Crippen LogP contribution < -0.4 is 21.3 Å². The molecular weight excluding hydrogens is 468 g/mol. The number of rotatable bonds is 8. The number of aromatic nitrogens is 2. The van der Waals surface area contributed by atoms with E-state index in [0.29, 0.717) is 16.8 Å². The van der Waals surface area contributed by atoms with Gasteiger partial charge in [-0.2, -0.15) is 4.72 Å². The quantitative estimate of drug-likeness (QED) is 0.484. The monoisotopic (exact) mass is 498 g/mol. The van der Waals surface area contributed by atoms with Crippen LogP contribution in [-0.2, 0) is 41.9 Å². The van der Waals surface area contributed by atoms with Gasteiger partial charge in [-0.3, -0.25) is 18.7 Å². The number of hydrogen-bond acceptors (Lipinski definition) is 5. The van der Waals surface area contributed by atoms with Crippen molar-refractivity contribution in [2.75, 3.05) is 0 Å². The van der Waals surface area contributed by atoms with E-state index in [-0.39, 0.29) is 17.9 Å². The lowest BCUT2D eigenvalue weighted by atomic mass is 10.1. The Morgan fingerprint density at radius 2 is 1.54 bits per heavy atom. The van der Waals surface area contributed by atoms with Gasteiger partial charge in [0.25, 0.3) is 5.56 Å². The summed E-state index contributed by atoms with van der Waals surface area (Å²) in [5, 5.41) is 2.67. The third-order valence-electron chi connectivity index (χ3n) is 5.84. The van der Waals surface area contributed by atoms with Crippen LogP contribution in [0.1, 0.15) is 27.9 Å². The molecule has 2 aromatic carbocycles. The summed E-state index contributed by atoms with van der Waals surface area (Å²) >= 11 is 0. The standard InChI is InChI=1S/C25H30N4O5S/c1-16-11-17(2)23(18(3)12-16)35(33,34)27-21(13-19-9-7-6-8-10-19)24(31)26-15-20-14-22(30)29(5)25(32)28(20)4/h6-12,14,21,27H,13,15H2,1-5H3,(H,26,31)/t21-/m0/s1. The molecule has 0 spiro atoms. The Kier molecular flexibility index (Phi) is 7.76. The van der Waals surface area contributed by atoms with Gasteiger partial charge in [-0.25, -0.2) is 13.2 Å². The highest BCUT2D eigenvalue weighted by molar-refractivity contribution is 7.89. The van der Waals surface area contributed by atoms with Crippen molar-refractivity contribution in [3.8, 4) is 0 Å². The molecule has 1 atom stereocenters. The molecule has 3 rings (SSSR count). The van der Waals surface area contributed by atoms with E-state index in [2.05, 4.69) is 10.0 Å². The van der Waals surface area contributed by atoms with Crippen LogP contribution in [-0.4, -0.2) is 29.5 Å². The molecule has 0 aliphatic rings. The van der Waals surface area contributed by atoms with Crippen LogP contribution in [0, 0.1) is 20.8 Å². The maximum atomic E-state index is 13.4. The van der Waals surface area contributed by atoms with Gasteiger partial charge in [0.15, 0.2) is 0 Å². The summed E-state index contributed by atoms with van der Waals surface area (Å²) in [7, 11) is -1.17. The first-order valence-electron chi connectivity index (χ1n) is 11.1. The number of carbonyl (C=O) groups is 1. The van der Waals surface area contributed by atoms with Gasteiger partial charge in [0.1, 0.15) is 6.04 Å². The van der Waals surface area contributed by atoms with E-state index in [4.69, 9.17) is 0 Å². The zero-order valence-corrected chi connectivity index (χ0v) is 21.3. The second-order valence-electron chi connectivity index (χ2n) is 8.68. The molecule has 9 nitrogen and oxygen atoms in total. The molecule has 186 valence electrons. The molecule has 0 aliphatic carbocycles. The predicted octanol–water partition coefficient (Wildman–Crippen LogP) is 1.22. The fourth-order valence-corrected chi connectivity index (χ4v) is 5.77. The molecule has 0 fully saturated rings. The number of hydrogen-bond donors (Lipinski definition) is 2. The molecule has 2 N–H and O–H groups in total. The smallest absolute Gasteiger partial charge is 0.330 e. The minimum atomic E-state index is -4.03. The average Bonchev–Trinajstić information content (AvgIpc) is 2.78. The first-order chi connectivity index (χ1) is 16.4. The van der Waals surface area contributed by atoms with Gasteiger partial charge >= 0.3 is 5.69 Å². The molecule has 0 radical (unpaired) electrons. The fraction of sp³-hybridized carbons (Fsp3) is 0.320. The normalized spacial score (nSPS) is 12.4. The number of nitrogens with one attached hydrogen (secondary N) is 2. The first-order valence-corrected chi connectivity index (χ1v) is 12.6. The summed E-state index contributed by atoms with van der Waals surface area (Å²) in [4.78, 5) is 37.5. The van der Waals surface area contributed by atoms with Crippen molar-refractivity contribution in [2.24, 2.45) is 14.1 Å². The van der Waals surface area contributed by atoms with Crippen molar-refractivity contribution < 1.29 is 13.2 Å². The Morgan fingerprint density at radius 1 is 0.943 bits per heavy atom. The highest BCUT2D eigenvalue weighted by Crippen LogP contribution is 2.22. The van der Waals surface area contributed by atoms with Crippen molar-refractivity contribution in [1.29, 1.82) is 0 Å². The molecule has 3 aromatic rings. The minimum Gasteiger partial charge on any atom is -0.349 e. The number of sulfonamides is 1. The Labute approximate surface area is 204 Å². The lowest BCUT2D eigenvalue weighted by molar-refractivity contribution is -0.122. The van der Waals surface area contributed by atoms with Crippen LogP contribution in [0.5, 0.6) is 0 Å². The number of nitrogens with zero attached hydrogens (tertiary/aromatic N) is 2. The van der Waals surface area contributed by atoms with Crippen LogP contribution >= 0.6 is 0 Å². The third-order valence-corrected chi connectivity index (χ3v) is 7.62. The van der Waals surface area contributed by atoms with Crippen LogP contribution in [0.25, 0.3) is 0 Å². The van der Waals surface area contributed by atoms with Crippen molar-refractivity contribution in [3.63, 3.8) is 0 Å². The Hall–Kier alpha value is -3.50. The molecule has 10 heteroatoms. The summed E-state index contributed by atoms with van der Waals surface area (Å²) in [6.45, 7) is 5.21. The summed E-state index contributed by atoms with van der Waals surface area (Å²) in [5.74, 6) is -0.576. The van der Waals surface area contributed by atoms with E-state index < -0.39 is 33.2 Å². The lowest BCUT2D eigenvalue weighted by Crippen LogP contribution is -2.48. The maximum absolute atomic E-state index is 13.4. The Morgan fingerprint density at radius 3 is 2.14 bits per heavy atom. The zero-order chi connectivity index (χ0) is 25.9. The van der Waals surface area contributed by atoms with E-state index >= 15 is 0 Å². The maximum Gasteiger partial charge on any atom is 0.330 e. The van der Waals surface area contributed by atoms with Gasteiger partial charge in [-0.15, -0.1) is 0 Å². The molecule has 0 unspecified atom stereocenters.